The van der Waals surface area contributed by atoms with E-state index < -0.39 is 0 Å². The molecular formula is C22H35N3O6S. The molecule has 0 aromatic heterocycles. The largest absolute Gasteiger partial charge is 0.379 e. The van der Waals surface area contributed by atoms with E-state index in [1.54, 1.807) is 11.8 Å². The van der Waals surface area contributed by atoms with Crippen molar-refractivity contribution in [3.05, 3.63) is 0 Å². The van der Waals surface area contributed by atoms with Crippen molar-refractivity contribution in [1.82, 2.24) is 15.5 Å². The van der Waals surface area contributed by atoms with Crippen LogP contribution in [0.4, 0.5) is 0 Å². The molecule has 32 heavy (non-hydrogen) atoms. The molecule has 4 amide bonds. The van der Waals surface area contributed by atoms with Gasteiger partial charge < -0.3 is 20.1 Å². The molecule has 0 aromatic rings. The molecule has 0 radical (unpaired) electrons. The molecule has 1 unspecified atom stereocenters. The van der Waals surface area contributed by atoms with E-state index in [1.165, 1.54) is 17.7 Å². The number of amides is 4. The Morgan fingerprint density at radius 2 is 1.66 bits per heavy atom. The van der Waals surface area contributed by atoms with E-state index in [4.69, 9.17) is 9.47 Å². The molecule has 0 aromatic carbocycles. The van der Waals surface area contributed by atoms with Crippen LogP contribution in [0.25, 0.3) is 0 Å². The minimum absolute atomic E-state index is 0.0308. The lowest BCUT2D eigenvalue weighted by Crippen LogP contribution is -2.39. The van der Waals surface area contributed by atoms with Gasteiger partial charge in [0.2, 0.25) is 23.6 Å². The topological polar surface area (TPSA) is 114 Å². The Morgan fingerprint density at radius 3 is 2.31 bits per heavy atom. The number of rotatable bonds is 15. The van der Waals surface area contributed by atoms with Gasteiger partial charge in [0.15, 0.2) is 0 Å². The molecule has 2 aliphatic carbocycles. The number of carbonyl (C=O) groups is 4. The first-order chi connectivity index (χ1) is 15.5. The third kappa shape index (κ3) is 8.04. The fourth-order valence-corrected chi connectivity index (χ4v) is 5.19. The van der Waals surface area contributed by atoms with Crippen LogP contribution >= 0.6 is 11.8 Å². The van der Waals surface area contributed by atoms with E-state index in [1.807, 2.05) is 0 Å². The number of nitrogens with zero attached hydrogens (tertiary/aromatic N) is 1. The average Bonchev–Trinajstić information content (AvgIpc) is 2.97. The van der Waals surface area contributed by atoms with Crippen LogP contribution in [-0.4, -0.2) is 84.6 Å². The van der Waals surface area contributed by atoms with Gasteiger partial charge in [-0.3, -0.25) is 24.1 Å². The molecule has 9 nitrogen and oxygen atoms in total. The van der Waals surface area contributed by atoms with Crippen molar-refractivity contribution in [1.29, 1.82) is 0 Å². The first kappa shape index (κ1) is 25.0. The van der Waals surface area contributed by atoms with E-state index in [-0.39, 0.29) is 48.3 Å². The van der Waals surface area contributed by atoms with Crippen molar-refractivity contribution in [2.75, 3.05) is 39.5 Å². The second-order valence-electron chi connectivity index (χ2n) is 8.54. The minimum atomic E-state index is -0.274. The maximum absolute atomic E-state index is 12.4. The zero-order chi connectivity index (χ0) is 22.8. The zero-order valence-electron chi connectivity index (χ0n) is 18.6. The fraction of sp³-hybridized carbons (Fsp3) is 0.818. The molecule has 0 bridgehead atoms. The smallest absolute Gasteiger partial charge is 0.242 e. The molecule has 1 aliphatic heterocycles. The highest BCUT2D eigenvalue weighted by atomic mass is 32.2. The monoisotopic (exact) mass is 469 g/mol. The Balaban J connectivity index is 1.13. The third-order valence-electron chi connectivity index (χ3n) is 6.06. The van der Waals surface area contributed by atoms with Crippen molar-refractivity contribution >= 4 is 35.4 Å². The van der Waals surface area contributed by atoms with Gasteiger partial charge in [0.25, 0.3) is 0 Å². The lowest BCUT2D eigenvalue weighted by molar-refractivity contribution is -0.138. The quantitative estimate of drug-likeness (QED) is 0.272. The highest BCUT2D eigenvalue weighted by Crippen LogP contribution is 2.37. The van der Waals surface area contributed by atoms with Crippen LogP contribution in [-0.2, 0) is 28.7 Å². The predicted molar refractivity (Wildman–Crippen MR) is 120 cm³/mol. The molecular weight excluding hydrogens is 434 g/mol. The molecule has 1 saturated heterocycles. The maximum atomic E-state index is 12.4. The maximum Gasteiger partial charge on any atom is 0.242 e. The number of thioether (sulfide) groups is 1. The molecule has 1 heterocycles. The van der Waals surface area contributed by atoms with Gasteiger partial charge in [-0.1, -0.05) is 6.42 Å². The zero-order valence-corrected chi connectivity index (χ0v) is 19.5. The van der Waals surface area contributed by atoms with Crippen molar-refractivity contribution in [2.24, 2.45) is 0 Å². The first-order valence-corrected chi connectivity index (χ1v) is 12.7. The van der Waals surface area contributed by atoms with Crippen LogP contribution in [0.1, 0.15) is 57.8 Å². The van der Waals surface area contributed by atoms with Crippen LogP contribution in [0.2, 0.25) is 0 Å². The van der Waals surface area contributed by atoms with Gasteiger partial charge in [0, 0.05) is 43.6 Å². The molecule has 2 saturated carbocycles. The number of hydrogen-bond acceptors (Lipinski definition) is 7. The van der Waals surface area contributed by atoms with E-state index in [0.717, 1.165) is 25.7 Å². The fourth-order valence-electron chi connectivity index (χ4n) is 3.64. The summed E-state index contributed by atoms with van der Waals surface area (Å²) in [6.07, 6.45) is 7.50. The summed E-state index contributed by atoms with van der Waals surface area (Å²) in [6, 6.07) is 0.352. The van der Waals surface area contributed by atoms with Gasteiger partial charge in [-0.2, -0.15) is 0 Å². The number of ether oxygens (including phenoxy) is 2. The van der Waals surface area contributed by atoms with Crippen LogP contribution < -0.4 is 10.6 Å². The minimum Gasteiger partial charge on any atom is -0.379 e. The van der Waals surface area contributed by atoms with E-state index >= 15 is 0 Å². The molecule has 3 rings (SSSR count). The van der Waals surface area contributed by atoms with Crippen LogP contribution in [0.5, 0.6) is 0 Å². The summed E-state index contributed by atoms with van der Waals surface area (Å²) >= 11 is 1.62. The van der Waals surface area contributed by atoms with E-state index in [2.05, 4.69) is 10.6 Å². The summed E-state index contributed by atoms with van der Waals surface area (Å²) in [5, 5.41) is 5.92. The van der Waals surface area contributed by atoms with Gasteiger partial charge in [0.1, 0.15) is 0 Å². The molecule has 0 spiro atoms. The van der Waals surface area contributed by atoms with Crippen LogP contribution in [0.3, 0.4) is 0 Å². The van der Waals surface area contributed by atoms with Gasteiger partial charge >= 0.3 is 0 Å². The van der Waals surface area contributed by atoms with Crippen molar-refractivity contribution in [2.45, 2.75) is 74.3 Å². The van der Waals surface area contributed by atoms with E-state index in [9.17, 15) is 19.2 Å². The van der Waals surface area contributed by atoms with Crippen molar-refractivity contribution in [3.8, 4) is 0 Å². The van der Waals surface area contributed by atoms with Gasteiger partial charge in [-0.15, -0.1) is 11.8 Å². The van der Waals surface area contributed by atoms with Crippen LogP contribution in [0.15, 0.2) is 0 Å². The molecule has 180 valence electrons. The SMILES string of the molecule is O=C(CCN1C(=O)CC(SC2CCC2)C1=O)NCCOCCOCCC(=O)NC1CCC1. The van der Waals surface area contributed by atoms with E-state index in [0.29, 0.717) is 50.7 Å². The number of imide groups is 1. The molecule has 3 fully saturated rings. The first-order valence-electron chi connectivity index (χ1n) is 11.7. The van der Waals surface area contributed by atoms with Gasteiger partial charge in [-0.05, 0) is 32.1 Å². The lowest BCUT2D eigenvalue weighted by atomic mass is 9.93. The normalized spacial score (nSPS) is 21.4. The van der Waals surface area contributed by atoms with Crippen molar-refractivity contribution in [3.63, 3.8) is 0 Å². The molecule has 10 heteroatoms. The molecule has 3 aliphatic rings. The standard InChI is InChI=1S/C22H35N3O6S/c26-19(7-10-25-21(28)15-18(22(25)29)32-17-5-2-6-17)23-9-12-31-14-13-30-11-8-20(27)24-16-3-1-4-16/h16-18H,1-15H2,(H,23,26)(H,24,27). The van der Waals surface area contributed by atoms with Gasteiger partial charge in [0.05, 0.1) is 31.7 Å². The summed E-state index contributed by atoms with van der Waals surface area (Å²) in [5.74, 6) is -0.506. The second-order valence-corrected chi connectivity index (χ2v) is 10.0. The number of likely N-dealkylation sites (tertiary alicyclic amines) is 1. The average molecular weight is 470 g/mol. The van der Waals surface area contributed by atoms with Crippen molar-refractivity contribution < 1.29 is 28.7 Å². The highest BCUT2D eigenvalue weighted by Gasteiger charge is 2.40. The number of carbonyl (C=O) groups excluding carboxylic acids is 4. The summed E-state index contributed by atoms with van der Waals surface area (Å²) in [6.45, 7) is 1.98. The summed E-state index contributed by atoms with van der Waals surface area (Å²) in [7, 11) is 0. The third-order valence-corrected chi connectivity index (χ3v) is 7.61. The second kappa shape index (κ2) is 13.2. The Bertz CT molecular complexity index is 668. The summed E-state index contributed by atoms with van der Waals surface area (Å²) in [4.78, 5) is 49.4. The Kier molecular flexibility index (Phi) is 10.3. The highest BCUT2D eigenvalue weighted by molar-refractivity contribution is 8.01. The summed E-state index contributed by atoms with van der Waals surface area (Å²) in [5.41, 5.74) is 0. The number of hydrogen-bond donors (Lipinski definition) is 2. The summed E-state index contributed by atoms with van der Waals surface area (Å²) < 4.78 is 10.8. The Labute approximate surface area is 193 Å². The molecule has 2 N–H and O–H groups in total. The van der Waals surface area contributed by atoms with Crippen LogP contribution in [0, 0.1) is 0 Å². The predicted octanol–water partition coefficient (Wildman–Crippen LogP) is 0.998. The molecule has 1 atom stereocenters. The van der Waals surface area contributed by atoms with Gasteiger partial charge in [-0.25, -0.2) is 0 Å². The lowest BCUT2D eigenvalue weighted by Gasteiger charge is -2.26. The Morgan fingerprint density at radius 1 is 0.938 bits per heavy atom. The Hall–Kier alpha value is -1.65. The number of nitrogens with one attached hydrogen (secondary N) is 2.